The van der Waals surface area contributed by atoms with Gasteiger partial charge in [0.2, 0.25) is 0 Å². The first-order chi connectivity index (χ1) is 8.01. The first kappa shape index (κ1) is 13.9. The lowest BCUT2D eigenvalue weighted by atomic mass is 10.2. The lowest BCUT2D eigenvalue weighted by Gasteiger charge is -2.22. The SMILES string of the molecule is CCN(CCN)c1cc(F)c(Br)cc1[N+](=O)[O-]. The van der Waals surface area contributed by atoms with Gasteiger partial charge in [-0.15, -0.1) is 0 Å². The highest BCUT2D eigenvalue weighted by Crippen LogP contribution is 2.33. The van der Waals surface area contributed by atoms with Crippen molar-refractivity contribution >= 4 is 27.3 Å². The van der Waals surface area contributed by atoms with E-state index in [1.165, 1.54) is 6.07 Å². The Bertz CT molecular complexity index is 428. The Kier molecular flexibility index (Phi) is 4.83. The molecule has 0 aliphatic rings. The fourth-order valence-electron chi connectivity index (χ4n) is 1.53. The summed E-state index contributed by atoms with van der Waals surface area (Å²) in [5.41, 5.74) is 5.54. The zero-order valence-corrected chi connectivity index (χ0v) is 10.9. The van der Waals surface area contributed by atoms with Crippen molar-refractivity contribution in [2.75, 3.05) is 24.5 Å². The lowest BCUT2D eigenvalue weighted by Crippen LogP contribution is -2.29. The summed E-state index contributed by atoms with van der Waals surface area (Å²) in [5.74, 6) is -0.527. The van der Waals surface area contributed by atoms with Crippen molar-refractivity contribution in [1.82, 2.24) is 0 Å². The maximum absolute atomic E-state index is 13.4. The number of benzene rings is 1. The molecule has 1 rings (SSSR count). The molecule has 0 fully saturated rings. The zero-order valence-electron chi connectivity index (χ0n) is 9.32. The molecule has 7 heteroatoms. The van der Waals surface area contributed by atoms with Crippen LogP contribution in [0.2, 0.25) is 0 Å². The third-order valence-electron chi connectivity index (χ3n) is 2.34. The van der Waals surface area contributed by atoms with Crippen molar-refractivity contribution in [1.29, 1.82) is 0 Å². The molecule has 1 aromatic carbocycles. The molecule has 0 bridgehead atoms. The maximum Gasteiger partial charge on any atom is 0.293 e. The Labute approximate surface area is 107 Å². The van der Waals surface area contributed by atoms with Gasteiger partial charge in [-0.25, -0.2) is 4.39 Å². The highest BCUT2D eigenvalue weighted by molar-refractivity contribution is 9.10. The van der Waals surface area contributed by atoms with E-state index in [2.05, 4.69) is 15.9 Å². The van der Waals surface area contributed by atoms with Crippen LogP contribution in [0.3, 0.4) is 0 Å². The van der Waals surface area contributed by atoms with Crippen LogP contribution < -0.4 is 10.6 Å². The van der Waals surface area contributed by atoms with Crippen LogP contribution in [0.4, 0.5) is 15.8 Å². The molecule has 94 valence electrons. The molecule has 0 spiro atoms. The van der Waals surface area contributed by atoms with E-state index in [9.17, 15) is 14.5 Å². The summed E-state index contributed by atoms with van der Waals surface area (Å²) in [5, 5.41) is 10.9. The molecule has 1 aromatic rings. The third-order valence-corrected chi connectivity index (χ3v) is 2.94. The molecule has 0 unspecified atom stereocenters. The topological polar surface area (TPSA) is 72.4 Å². The number of halogens is 2. The molecule has 0 aromatic heterocycles. The molecule has 0 saturated heterocycles. The van der Waals surface area contributed by atoms with E-state index in [1.54, 1.807) is 4.90 Å². The number of anilines is 1. The van der Waals surface area contributed by atoms with Crippen molar-refractivity contribution in [3.8, 4) is 0 Å². The van der Waals surface area contributed by atoms with Crippen LogP contribution in [-0.2, 0) is 0 Å². The number of hydrogen-bond donors (Lipinski definition) is 1. The van der Waals surface area contributed by atoms with Gasteiger partial charge in [-0.2, -0.15) is 0 Å². The summed E-state index contributed by atoms with van der Waals surface area (Å²) in [6.45, 7) is 3.15. The van der Waals surface area contributed by atoms with Gasteiger partial charge in [-0.3, -0.25) is 10.1 Å². The average molecular weight is 306 g/mol. The third kappa shape index (κ3) is 3.13. The molecule has 0 radical (unpaired) electrons. The lowest BCUT2D eigenvalue weighted by molar-refractivity contribution is -0.384. The molecule has 0 heterocycles. The normalized spacial score (nSPS) is 10.4. The maximum atomic E-state index is 13.4. The van der Waals surface area contributed by atoms with Gasteiger partial charge in [0.05, 0.1) is 9.40 Å². The number of nitrogens with two attached hydrogens (primary N) is 1. The second-order valence-corrected chi connectivity index (χ2v) is 4.23. The highest BCUT2D eigenvalue weighted by Gasteiger charge is 2.21. The van der Waals surface area contributed by atoms with E-state index < -0.39 is 10.7 Å². The van der Waals surface area contributed by atoms with Gasteiger partial charge in [0.1, 0.15) is 11.5 Å². The molecule has 0 amide bonds. The van der Waals surface area contributed by atoms with E-state index in [1.807, 2.05) is 6.92 Å². The van der Waals surface area contributed by atoms with E-state index in [4.69, 9.17) is 5.73 Å². The Hall–Kier alpha value is -1.21. The van der Waals surface area contributed by atoms with Crippen LogP contribution in [0.5, 0.6) is 0 Å². The summed E-state index contributed by atoms with van der Waals surface area (Å²) >= 11 is 2.94. The van der Waals surface area contributed by atoms with Gasteiger partial charge in [0.15, 0.2) is 0 Å². The fourth-order valence-corrected chi connectivity index (χ4v) is 1.86. The molecule has 0 saturated carbocycles. The molecule has 0 atom stereocenters. The minimum Gasteiger partial charge on any atom is -0.365 e. The van der Waals surface area contributed by atoms with Gasteiger partial charge in [-0.1, -0.05) is 0 Å². The minimum absolute atomic E-state index is 0.0803. The molecule has 0 aliphatic carbocycles. The van der Waals surface area contributed by atoms with Crippen molar-refractivity contribution in [2.24, 2.45) is 5.73 Å². The molecule has 5 nitrogen and oxygen atoms in total. The van der Waals surface area contributed by atoms with Crippen LogP contribution >= 0.6 is 15.9 Å². The van der Waals surface area contributed by atoms with E-state index >= 15 is 0 Å². The molecule has 0 aliphatic heterocycles. The monoisotopic (exact) mass is 305 g/mol. The van der Waals surface area contributed by atoms with Crippen molar-refractivity contribution in [3.63, 3.8) is 0 Å². The van der Waals surface area contributed by atoms with Gasteiger partial charge in [-0.05, 0) is 22.9 Å². The Morgan fingerprint density at radius 3 is 2.71 bits per heavy atom. The predicted octanol–water partition coefficient (Wildman–Crippen LogP) is 2.28. The van der Waals surface area contributed by atoms with E-state index in [0.29, 0.717) is 19.6 Å². The average Bonchev–Trinajstić information content (AvgIpc) is 2.29. The highest BCUT2D eigenvalue weighted by atomic mass is 79.9. The first-order valence-corrected chi connectivity index (χ1v) is 5.89. The van der Waals surface area contributed by atoms with Gasteiger partial charge in [0, 0.05) is 31.8 Å². The number of likely N-dealkylation sites (N-methyl/N-ethyl adjacent to an activating group) is 1. The minimum atomic E-state index is -0.529. The smallest absolute Gasteiger partial charge is 0.293 e. The number of rotatable bonds is 5. The van der Waals surface area contributed by atoms with Gasteiger partial charge >= 0.3 is 0 Å². The van der Waals surface area contributed by atoms with Crippen LogP contribution in [0, 0.1) is 15.9 Å². The molecule has 2 N–H and O–H groups in total. The van der Waals surface area contributed by atoms with E-state index in [0.717, 1.165) is 6.07 Å². The summed E-state index contributed by atoms with van der Waals surface area (Å²) in [6, 6.07) is 2.32. The number of hydrogen-bond acceptors (Lipinski definition) is 4. The van der Waals surface area contributed by atoms with Crippen LogP contribution in [0.25, 0.3) is 0 Å². The van der Waals surface area contributed by atoms with Crippen LogP contribution in [-0.4, -0.2) is 24.6 Å². The molecule has 17 heavy (non-hydrogen) atoms. The largest absolute Gasteiger partial charge is 0.365 e. The van der Waals surface area contributed by atoms with Crippen molar-refractivity contribution < 1.29 is 9.31 Å². The van der Waals surface area contributed by atoms with Crippen molar-refractivity contribution in [2.45, 2.75) is 6.92 Å². The number of nitro benzene ring substituents is 1. The van der Waals surface area contributed by atoms with Gasteiger partial charge in [0.25, 0.3) is 5.69 Å². The Balaban J connectivity index is 3.28. The summed E-state index contributed by atoms with van der Waals surface area (Å²) in [4.78, 5) is 12.1. The number of nitro groups is 1. The summed E-state index contributed by atoms with van der Waals surface area (Å²) in [7, 11) is 0. The Morgan fingerprint density at radius 1 is 1.59 bits per heavy atom. The molecular weight excluding hydrogens is 293 g/mol. The summed E-state index contributed by atoms with van der Waals surface area (Å²) in [6.07, 6.45) is 0. The van der Waals surface area contributed by atoms with Crippen LogP contribution in [0.15, 0.2) is 16.6 Å². The predicted molar refractivity (Wildman–Crippen MR) is 67.7 cm³/mol. The van der Waals surface area contributed by atoms with Crippen LogP contribution in [0.1, 0.15) is 6.92 Å². The van der Waals surface area contributed by atoms with E-state index in [-0.39, 0.29) is 15.8 Å². The van der Waals surface area contributed by atoms with Crippen molar-refractivity contribution in [3.05, 3.63) is 32.5 Å². The standard InChI is InChI=1S/C10H13BrFN3O2/c1-2-14(4-3-13)9-6-8(12)7(11)5-10(9)15(16)17/h5-6H,2-4,13H2,1H3. The zero-order chi connectivity index (χ0) is 13.0. The Morgan fingerprint density at radius 2 is 2.24 bits per heavy atom. The number of nitrogens with zero attached hydrogens (tertiary/aromatic N) is 2. The molecular formula is C10H13BrFN3O2. The quantitative estimate of drug-likeness (QED) is 0.669. The first-order valence-electron chi connectivity index (χ1n) is 5.09. The van der Waals surface area contributed by atoms with Gasteiger partial charge < -0.3 is 10.6 Å². The second kappa shape index (κ2) is 5.92. The second-order valence-electron chi connectivity index (χ2n) is 3.38. The fraction of sp³-hybridized carbons (Fsp3) is 0.400. The summed E-state index contributed by atoms with van der Waals surface area (Å²) < 4.78 is 13.5.